The molecule has 62 valence electrons. The average Bonchev–Trinajstić information content (AvgIpc) is 1.97. The molecule has 0 aromatic heterocycles. The Kier molecular flexibility index (Phi) is 5.22. The molecule has 0 aliphatic rings. The molecule has 1 atom stereocenters. The second-order valence-electron chi connectivity index (χ2n) is 2.28. The Bertz CT molecular complexity index is 160. The van der Waals surface area contributed by atoms with E-state index in [1.165, 1.54) is 0 Å². The standard InChI is InChI=1S/C8H13NO2/c1-3-4-5-6-7(9-2)8(10)11/h1,7,9H,4-6H2,2H3,(H,10,11)/t7-/m0/s1. The monoisotopic (exact) mass is 155 g/mol. The summed E-state index contributed by atoms with van der Waals surface area (Å²) in [4.78, 5) is 10.4. The van der Waals surface area contributed by atoms with Crippen LogP contribution in [0.15, 0.2) is 0 Å². The fraction of sp³-hybridized carbons (Fsp3) is 0.625. The van der Waals surface area contributed by atoms with E-state index in [1.54, 1.807) is 7.05 Å². The molecule has 0 aromatic carbocycles. The van der Waals surface area contributed by atoms with Crippen molar-refractivity contribution in [3.63, 3.8) is 0 Å². The molecule has 0 saturated heterocycles. The van der Waals surface area contributed by atoms with Crippen LogP contribution in [0.4, 0.5) is 0 Å². The van der Waals surface area contributed by atoms with Gasteiger partial charge in [-0.2, -0.15) is 0 Å². The van der Waals surface area contributed by atoms with Crippen molar-refractivity contribution in [2.45, 2.75) is 25.3 Å². The van der Waals surface area contributed by atoms with Gasteiger partial charge in [-0.3, -0.25) is 4.79 Å². The van der Waals surface area contributed by atoms with Crippen molar-refractivity contribution in [2.75, 3.05) is 7.05 Å². The van der Waals surface area contributed by atoms with Crippen LogP contribution in [-0.2, 0) is 4.79 Å². The van der Waals surface area contributed by atoms with E-state index < -0.39 is 12.0 Å². The molecule has 0 bridgehead atoms. The number of hydrogen-bond donors (Lipinski definition) is 2. The van der Waals surface area contributed by atoms with Gasteiger partial charge >= 0.3 is 5.97 Å². The van der Waals surface area contributed by atoms with Crippen LogP contribution in [0, 0.1) is 12.3 Å². The Morgan fingerprint density at radius 1 is 1.82 bits per heavy atom. The maximum absolute atomic E-state index is 10.4. The number of hydrogen-bond acceptors (Lipinski definition) is 2. The van der Waals surface area contributed by atoms with Crippen molar-refractivity contribution < 1.29 is 9.90 Å². The zero-order chi connectivity index (χ0) is 8.69. The second-order valence-corrected chi connectivity index (χ2v) is 2.28. The van der Waals surface area contributed by atoms with E-state index in [4.69, 9.17) is 11.5 Å². The first-order chi connectivity index (χ1) is 5.22. The third kappa shape index (κ3) is 4.40. The third-order valence-electron chi connectivity index (χ3n) is 1.46. The first kappa shape index (κ1) is 9.99. The molecule has 0 spiro atoms. The van der Waals surface area contributed by atoms with Gasteiger partial charge in [0.05, 0.1) is 0 Å². The van der Waals surface area contributed by atoms with E-state index in [-0.39, 0.29) is 0 Å². The number of aliphatic carboxylic acids is 1. The summed E-state index contributed by atoms with van der Waals surface area (Å²) in [5.74, 6) is 1.65. The highest BCUT2D eigenvalue weighted by Gasteiger charge is 2.12. The lowest BCUT2D eigenvalue weighted by atomic mass is 10.1. The van der Waals surface area contributed by atoms with Gasteiger partial charge in [0.2, 0.25) is 0 Å². The number of carbonyl (C=O) groups is 1. The van der Waals surface area contributed by atoms with Gasteiger partial charge in [0.1, 0.15) is 6.04 Å². The summed E-state index contributed by atoms with van der Waals surface area (Å²) in [5.41, 5.74) is 0. The maximum atomic E-state index is 10.4. The van der Waals surface area contributed by atoms with Gasteiger partial charge in [0, 0.05) is 6.42 Å². The molecule has 0 saturated carbocycles. The van der Waals surface area contributed by atoms with Crippen LogP contribution in [0.1, 0.15) is 19.3 Å². The van der Waals surface area contributed by atoms with Gasteiger partial charge in [0.15, 0.2) is 0 Å². The number of likely N-dealkylation sites (N-methyl/N-ethyl adjacent to an activating group) is 1. The molecular weight excluding hydrogens is 142 g/mol. The van der Waals surface area contributed by atoms with E-state index >= 15 is 0 Å². The Morgan fingerprint density at radius 3 is 2.82 bits per heavy atom. The van der Waals surface area contributed by atoms with E-state index in [0.717, 1.165) is 6.42 Å². The molecule has 0 aliphatic heterocycles. The highest BCUT2D eigenvalue weighted by molar-refractivity contribution is 5.73. The van der Waals surface area contributed by atoms with Gasteiger partial charge in [0.25, 0.3) is 0 Å². The van der Waals surface area contributed by atoms with Crippen LogP contribution in [0.3, 0.4) is 0 Å². The molecule has 3 heteroatoms. The Labute approximate surface area is 66.8 Å². The van der Waals surface area contributed by atoms with Crippen molar-refractivity contribution in [1.29, 1.82) is 0 Å². The zero-order valence-corrected chi connectivity index (χ0v) is 6.63. The van der Waals surface area contributed by atoms with Crippen LogP contribution in [0.2, 0.25) is 0 Å². The first-order valence-corrected chi connectivity index (χ1v) is 3.56. The van der Waals surface area contributed by atoms with Crippen molar-refractivity contribution in [1.82, 2.24) is 5.32 Å². The lowest BCUT2D eigenvalue weighted by Gasteiger charge is -2.08. The van der Waals surface area contributed by atoms with Crippen LogP contribution in [0.25, 0.3) is 0 Å². The van der Waals surface area contributed by atoms with Crippen LogP contribution in [0.5, 0.6) is 0 Å². The molecule has 0 amide bonds. The van der Waals surface area contributed by atoms with Gasteiger partial charge in [-0.1, -0.05) is 0 Å². The van der Waals surface area contributed by atoms with Gasteiger partial charge in [-0.05, 0) is 19.9 Å². The summed E-state index contributed by atoms with van der Waals surface area (Å²) in [6.45, 7) is 0. The molecule has 0 aromatic rings. The topological polar surface area (TPSA) is 49.3 Å². The summed E-state index contributed by atoms with van der Waals surface area (Å²) in [6, 6.07) is -0.455. The second kappa shape index (κ2) is 5.75. The van der Waals surface area contributed by atoms with E-state index in [1.807, 2.05) is 0 Å². The molecule has 0 rings (SSSR count). The van der Waals surface area contributed by atoms with Gasteiger partial charge in [-0.15, -0.1) is 12.3 Å². The van der Waals surface area contributed by atoms with Crippen molar-refractivity contribution in [3.05, 3.63) is 0 Å². The number of unbranched alkanes of at least 4 members (excludes halogenated alkanes) is 1. The van der Waals surface area contributed by atoms with Crippen LogP contribution in [-0.4, -0.2) is 24.2 Å². The quantitative estimate of drug-likeness (QED) is 0.448. The van der Waals surface area contributed by atoms with Gasteiger partial charge in [-0.25, -0.2) is 0 Å². The number of nitrogens with one attached hydrogen (secondary N) is 1. The highest BCUT2D eigenvalue weighted by atomic mass is 16.4. The average molecular weight is 155 g/mol. The number of carboxylic acids is 1. The number of rotatable bonds is 5. The first-order valence-electron chi connectivity index (χ1n) is 3.56. The smallest absolute Gasteiger partial charge is 0.320 e. The SMILES string of the molecule is C#CCCC[C@H](NC)C(=O)O. The minimum absolute atomic E-state index is 0.455. The lowest BCUT2D eigenvalue weighted by Crippen LogP contribution is -2.33. The molecule has 0 radical (unpaired) electrons. The normalized spacial score (nSPS) is 12.0. The summed E-state index contributed by atoms with van der Waals surface area (Å²) < 4.78 is 0. The zero-order valence-electron chi connectivity index (χ0n) is 6.63. The summed E-state index contributed by atoms with van der Waals surface area (Å²) in [6.07, 6.45) is 7.01. The molecule has 11 heavy (non-hydrogen) atoms. The predicted octanol–water partition coefficient (Wildman–Crippen LogP) is 0.463. The van der Waals surface area contributed by atoms with E-state index in [0.29, 0.717) is 12.8 Å². The Balaban J connectivity index is 3.54. The molecular formula is C8H13NO2. The largest absolute Gasteiger partial charge is 0.480 e. The molecule has 0 fully saturated rings. The van der Waals surface area contributed by atoms with Gasteiger partial charge < -0.3 is 10.4 Å². The highest BCUT2D eigenvalue weighted by Crippen LogP contribution is 1.99. The minimum Gasteiger partial charge on any atom is -0.480 e. The number of carboxylic acid groups (broad SMARTS) is 1. The third-order valence-corrected chi connectivity index (χ3v) is 1.46. The van der Waals surface area contributed by atoms with Crippen LogP contribution < -0.4 is 5.32 Å². The fourth-order valence-corrected chi connectivity index (χ4v) is 0.800. The van der Waals surface area contributed by atoms with E-state index in [2.05, 4.69) is 11.2 Å². The number of terminal acetylenes is 1. The van der Waals surface area contributed by atoms with Crippen molar-refractivity contribution >= 4 is 5.97 Å². The Morgan fingerprint density at radius 2 is 2.45 bits per heavy atom. The molecule has 3 nitrogen and oxygen atoms in total. The van der Waals surface area contributed by atoms with Crippen molar-refractivity contribution in [2.24, 2.45) is 0 Å². The maximum Gasteiger partial charge on any atom is 0.320 e. The Hall–Kier alpha value is -1.01. The molecule has 0 aliphatic carbocycles. The summed E-state index contributed by atoms with van der Waals surface area (Å²) in [5, 5.41) is 11.3. The summed E-state index contributed by atoms with van der Waals surface area (Å²) in [7, 11) is 1.63. The molecule has 2 N–H and O–H groups in total. The molecule has 0 heterocycles. The van der Waals surface area contributed by atoms with E-state index in [9.17, 15) is 4.79 Å². The van der Waals surface area contributed by atoms with Crippen LogP contribution >= 0.6 is 0 Å². The predicted molar refractivity (Wildman–Crippen MR) is 43.2 cm³/mol. The molecule has 0 unspecified atom stereocenters. The fourth-order valence-electron chi connectivity index (χ4n) is 0.800. The summed E-state index contributed by atoms with van der Waals surface area (Å²) >= 11 is 0. The minimum atomic E-state index is -0.815. The lowest BCUT2D eigenvalue weighted by molar-refractivity contribution is -0.139. The van der Waals surface area contributed by atoms with Crippen molar-refractivity contribution in [3.8, 4) is 12.3 Å².